The second-order valence-electron chi connectivity index (χ2n) is 7.57. The summed E-state index contributed by atoms with van der Waals surface area (Å²) >= 11 is 1.06. The van der Waals surface area contributed by atoms with E-state index < -0.39 is 23.6 Å². The van der Waals surface area contributed by atoms with Crippen LogP contribution in [0.25, 0.3) is 0 Å². The van der Waals surface area contributed by atoms with Crippen molar-refractivity contribution in [1.82, 2.24) is 0 Å². The van der Waals surface area contributed by atoms with Crippen molar-refractivity contribution in [2.45, 2.75) is 25.4 Å². The Morgan fingerprint density at radius 2 is 2.00 bits per heavy atom. The number of phenols is 1. The van der Waals surface area contributed by atoms with Gasteiger partial charge in [0, 0.05) is 18.0 Å². The van der Waals surface area contributed by atoms with Gasteiger partial charge in [-0.1, -0.05) is 12.1 Å². The third-order valence-electron chi connectivity index (χ3n) is 5.44. The average molecular weight is 476 g/mol. The number of carbonyl (C=O) groups excluding carboxylic acids is 2. The van der Waals surface area contributed by atoms with Gasteiger partial charge in [0.25, 0.3) is 5.91 Å². The lowest BCUT2D eigenvalue weighted by atomic mass is 9.84. The number of ether oxygens (including phenoxy) is 1. The van der Waals surface area contributed by atoms with E-state index in [1.807, 2.05) is 0 Å². The van der Waals surface area contributed by atoms with Crippen molar-refractivity contribution in [3.63, 3.8) is 0 Å². The zero-order chi connectivity index (χ0) is 23.9. The maximum absolute atomic E-state index is 13.0. The van der Waals surface area contributed by atoms with Gasteiger partial charge in [0.15, 0.2) is 11.5 Å². The van der Waals surface area contributed by atoms with E-state index in [-0.39, 0.29) is 28.6 Å². The number of carbonyl (C=O) groups is 2. The molecule has 2 heterocycles. The second kappa shape index (κ2) is 8.43. The van der Waals surface area contributed by atoms with E-state index in [0.29, 0.717) is 21.9 Å². The molecule has 3 N–H and O–H groups in total. The zero-order valence-corrected chi connectivity index (χ0v) is 18.4. The van der Waals surface area contributed by atoms with E-state index in [0.717, 1.165) is 29.0 Å². The number of alkyl halides is 3. The van der Waals surface area contributed by atoms with E-state index in [1.54, 1.807) is 19.1 Å². The maximum atomic E-state index is 13.0. The number of fused-ring (bicyclic) bond motifs is 1. The van der Waals surface area contributed by atoms with Gasteiger partial charge in [0.2, 0.25) is 5.91 Å². The molecule has 2 amide bonds. The molecule has 1 aliphatic heterocycles. The van der Waals surface area contributed by atoms with E-state index in [4.69, 9.17) is 4.74 Å². The molecule has 172 valence electrons. The highest BCUT2D eigenvalue weighted by Gasteiger charge is 2.34. The van der Waals surface area contributed by atoms with Gasteiger partial charge >= 0.3 is 6.18 Å². The number of benzene rings is 2. The van der Waals surface area contributed by atoms with Crippen molar-refractivity contribution in [3.05, 3.63) is 69.6 Å². The van der Waals surface area contributed by atoms with E-state index in [9.17, 15) is 27.9 Å². The van der Waals surface area contributed by atoms with Crippen LogP contribution < -0.4 is 15.4 Å². The van der Waals surface area contributed by atoms with Gasteiger partial charge < -0.3 is 20.5 Å². The van der Waals surface area contributed by atoms with E-state index in [1.165, 1.54) is 25.3 Å². The minimum absolute atomic E-state index is 0.0151. The molecule has 0 spiro atoms. The van der Waals surface area contributed by atoms with Crippen LogP contribution in [-0.4, -0.2) is 24.0 Å². The highest BCUT2D eigenvalue weighted by Crippen LogP contribution is 2.46. The minimum Gasteiger partial charge on any atom is -0.504 e. The number of methoxy groups -OCH3 is 1. The molecule has 1 aliphatic rings. The van der Waals surface area contributed by atoms with Crippen LogP contribution >= 0.6 is 11.3 Å². The number of phenolic OH excluding ortho intramolecular Hbond substituents is 1. The van der Waals surface area contributed by atoms with Crippen LogP contribution in [0.2, 0.25) is 0 Å². The average Bonchev–Trinajstić information content (AvgIpc) is 3.09. The molecular formula is C23H19F3N2O4S. The normalized spacial score (nSPS) is 15.5. The first-order chi connectivity index (χ1) is 15.6. The van der Waals surface area contributed by atoms with Crippen LogP contribution in [0.3, 0.4) is 0 Å². The Morgan fingerprint density at radius 1 is 1.24 bits per heavy atom. The Bertz CT molecular complexity index is 1250. The predicted molar refractivity (Wildman–Crippen MR) is 118 cm³/mol. The molecule has 2 aromatic carbocycles. The van der Waals surface area contributed by atoms with E-state index >= 15 is 0 Å². The first-order valence-electron chi connectivity index (χ1n) is 9.87. The fourth-order valence-electron chi connectivity index (χ4n) is 3.89. The molecule has 0 unspecified atom stereocenters. The number of halogens is 3. The van der Waals surface area contributed by atoms with Gasteiger partial charge in [-0.2, -0.15) is 13.2 Å². The Kier molecular flexibility index (Phi) is 5.79. The number of rotatable bonds is 4. The Morgan fingerprint density at radius 3 is 2.67 bits per heavy atom. The number of hydrogen-bond donors (Lipinski definition) is 3. The fraction of sp³-hybridized carbons (Fsp3) is 0.217. The summed E-state index contributed by atoms with van der Waals surface area (Å²) in [5.41, 5.74) is 1.17. The number of thiophene rings is 1. The van der Waals surface area contributed by atoms with Crippen LogP contribution in [0.1, 0.15) is 44.3 Å². The lowest BCUT2D eigenvalue weighted by Gasteiger charge is -2.24. The van der Waals surface area contributed by atoms with Crippen molar-refractivity contribution >= 4 is 33.8 Å². The van der Waals surface area contributed by atoms with E-state index in [2.05, 4.69) is 10.6 Å². The summed E-state index contributed by atoms with van der Waals surface area (Å²) in [6.07, 6.45) is -4.41. The third kappa shape index (κ3) is 4.38. The molecule has 1 atom stereocenters. The van der Waals surface area contributed by atoms with Gasteiger partial charge in [-0.25, -0.2) is 0 Å². The molecule has 3 aromatic rings. The Hall–Kier alpha value is -3.53. The summed E-state index contributed by atoms with van der Waals surface area (Å²) < 4.78 is 44.0. The SMILES string of the molecule is COc1ccc([C@H]2CC(=O)Nc3sc(C(=O)Nc4cccc(C(F)(F)F)c4)c(C)c32)cc1O. The maximum Gasteiger partial charge on any atom is 0.416 e. The summed E-state index contributed by atoms with van der Waals surface area (Å²) in [5.74, 6) is -0.997. The molecule has 1 aromatic heterocycles. The Labute approximate surface area is 191 Å². The topological polar surface area (TPSA) is 87.7 Å². The standard InChI is InChI=1S/C23H19F3N2O4S/c1-11-19-15(12-6-7-17(32-2)16(29)8-12)10-18(30)28-22(19)33-20(11)21(31)27-14-5-3-4-13(9-14)23(24,25)26/h3-9,15,29H,10H2,1-2H3,(H,27,31)(H,28,30)/t15-/m1/s1. The van der Waals surface area contributed by atoms with Crippen LogP contribution in [0.5, 0.6) is 11.5 Å². The highest BCUT2D eigenvalue weighted by atomic mass is 32.1. The minimum atomic E-state index is -4.53. The molecular weight excluding hydrogens is 457 g/mol. The molecule has 33 heavy (non-hydrogen) atoms. The van der Waals surface area contributed by atoms with Crippen molar-refractivity contribution in [1.29, 1.82) is 0 Å². The second-order valence-corrected chi connectivity index (χ2v) is 8.59. The number of anilines is 2. The monoisotopic (exact) mass is 476 g/mol. The van der Waals surface area contributed by atoms with Gasteiger partial charge in [-0.05, 0) is 53.9 Å². The molecule has 10 heteroatoms. The van der Waals surface area contributed by atoms with Crippen LogP contribution in [0, 0.1) is 6.92 Å². The van der Waals surface area contributed by atoms with Gasteiger partial charge in [0.1, 0.15) is 0 Å². The van der Waals surface area contributed by atoms with Crippen molar-refractivity contribution in [2.75, 3.05) is 17.7 Å². The molecule has 0 radical (unpaired) electrons. The third-order valence-corrected chi connectivity index (χ3v) is 6.67. The van der Waals surface area contributed by atoms with Crippen LogP contribution in [-0.2, 0) is 11.0 Å². The van der Waals surface area contributed by atoms with Crippen LogP contribution in [0.15, 0.2) is 42.5 Å². The van der Waals surface area contributed by atoms with Crippen molar-refractivity contribution < 1.29 is 32.6 Å². The molecule has 0 saturated heterocycles. The number of aromatic hydroxyl groups is 1. The summed E-state index contributed by atoms with van der Waals surface area (Å²) in [5, 5.41) is 16.0. The highest BCUT2D eigenvalue weighted by molar-refractivity contribution is 7.18. The smallest absolute Gasteiger partial charge is 0.416 e. The van der Waals surface area contributed by atoms with Gasteiger partial charge in [0.05, 0.1) is 22.6 Å². The first-order valence-corrected chi connectivity index (χ1v) is 10.7. The van der Waals surface area contributed by atoms with Gasteiger partial charge in [-0.3, -0.25) is 9.59 Å². The lowest BCUT2D eigenvalue weighted by Crippen LogP contribution is -2.22. The summed E-state index contributed by atoms with van der Waals surface area (Å²) in [6, 6.07) is 9.24. The van der Waals surface area contributed by atoms with Gasteiger partial charge in [-0.15, -0.1) is 11.3 Å². The van der Waals surface area contributed by atoms with Crippen molar-refractivity contribution in [3.8, 4) is 11.5 Å². The first kappa shape index (κ1) is 22.7. The molecule has 0 aliphatic carbocycles. The largest absolute Gasteiger partial charge is 0.504 e. The predicted octanol–water partition coefficient (Wildman–Crippen LogP) is 5.52. The molecule has 0 saturated carbocycles. The summed E-state index contributed by atoms with van der Waals surface area (Å²) in [6.45, 7) is 1.73. The number of nitrogens with one attached hydrogen (secondary N) is 2. The van der Waals surface area contributed by atoms with Crippen molar-refractivity contribution in [2.24, 2.45) is 0 Å². The Balaban J connectivity index is 1.68. The molecule has 6 nitrogen and oxygen atoms in total. The lowest BCUT2D eigenvalue weighted by molar-refractivity contribution is -0.137. The number of hydrogen-bond acceptors (Lipinski definition) is 5. The quantitative estimate of drug-likeness (QED) is 0.463. The molecule has 4 rings (SSSR count). The fourth-order valence-corrected chi connectivity index (χ4v) is 5.07. The molecule has 0 bridgehead atoms. The zero-order valence-electron chi connectivity index (χ0n) is 17.5. The van der Waals surface area contributed by atoms with Crippen LogP contribution in [0.4, 0.5) is 23.9 Å². The number of amides is 2. The summed E-state index contributed by atoms with van der Waals surface area (Å²) in [4.78, 5) is 25.5. The summed E-state index contributed by atoms with van der Waals surface area (Å²) in [7, 11) is 1.43. The molecule has 0 fully saturated rings.